The highest BCUT2D eigenvalue weighted by molar-refractivity contribution is 6.32. The van der Waals surface area contributed by atoms with Crippen LogP contribution >= 0.6 is 23.2 Å². The van der Waals surface area contributed by atoms with Crippen LogP contribution in [0.2, 0.25) is 10.0 Å². The Labute approximate surface area is 195 Å². The number of halogens is 2. The van der Waals surface area contributed by atoms with Gasteiger partial charge in [0.05, 0.1) is 6.04 Å². The first-order valence-corrected chi connectivity index (χ1v) is 12.4. The van der Waals surface area contributed by atoms with Crippen LogP contribution in [-0.2, 0) is 4.79 Å². The lowest BCUT2D eigenvalue weighted by molar-refractivity contribution is -0.128. The highest BCUT2D eigenvalue weighted by Crippen LogP contribution is 2.48. The van der Waals surface area contributed by atoms with Gasteiger partial charge in [0.25, 0.3) is 0 Å². The van der Waals surface area contributed by atoms with Crippen LogP contribution in [0.4, 0.5) is 0 Å². The van der Waals surface area contributed by atoms with Gasteiger partial charge in [-0.1, -0.05) is 72.4 Å². The standard InChI is InChI=1S/C26H30Cl2N2O/c27-23-11-5-3-9-21(23)25(22-10-4-6-12-24(22)28)30-19-13-14-20(30)16-17(15-19)26(31)29-18-7-1-2-8-18/h3-6,9-12,17-20,25H,1-2,7-8,13-16H2,(H,29,31). The molecule has 1 amide bonds. The summed E-state index contributed by atoms with van der Waals surface area (Å²) in [5.74, 6) is 0.392. The Hall–Kier alpha value is -1.55. The molecule has 5 heteroatoms. The first-order chi connectivity index (χ1) is 15.1. The smallest absolute Gasteiger partial charge is 0.223 e. The Morgan fingerprint density at radius 1 is 0.839 bits per heavy atom. The Morgan fingerprint density at radius 3 is 1.87 bits per heavy atom. The van der Waals surface area contributed by atoms with Crippen LogP contribution in [0.1, 0.15) is 68.5 Å². The largest absolute Gasteiger partial charge is 0.353 e. The zero-order valence-electron chi connectivity index (χ0n) is 17.8. The molecule has 2 bridgehead atoms. The van der Waals surface area contributed by atoms with Crippen molar-refractivity contribution in [3.05, 3.63) is 69.7 Å². The van der Waals surface area contributed by atoms with Gasteiger partial charge in [0.1, 0.15) is 0 Å². The Balaban J connectivity index is 1.43. The second-order valence-electron chi connectivity index (χ2n) is 9.44. The molecule has 1 aliphatic carbocycles. The van der Waals surface area contributed by atoms with Gasteiger partial charge in [0.2, 0.25) is 5.91 Å². The molecule has 0 spiro atoms. The van der Waals surface area contributed by atoms with Crippen LogP contribution in [0.15, 0.2) is 48.5 Å². The minimum atomic E-state index is 0.0127. The SMILES string of the molecule is O=C(NC1CCCC1)C1CC2CCC(C1)N2C(c1ccccc1Cl)c1ccccc1Cl. The van der Waals surface area contributed by atoms with Crippen LogP contribution in [0, 0.1) is 5.92 Å². The molecule has 2 unspecified atom stereocenters. The van der Waals surface area contributed by atoms with E-state index >= 15 is 0 Å². The quantitative estimate of drug-likeness (QED) is 0.565. The van der Waals surface area contributed by atoms with E-state index < -0.39 is 0 Å². The first kappa shape index (κ1) is 21.3. The molecule has 31 heavy (non-hydrogen) atoms. The minimum absolute atomic E-state index is 0.0127. The summed E-state index contributed by atoms with van der Waals surface area (Å²) in [7, 11) is 0. The summed E-state index contributed by atoms with van der Waals surface area (Å²) in [5, 5.41) is 4.89. The van der Waals surface area contributed by atoms with Crippen molar-refractivity contribution in [3.63, 3.8) is 0 Å². The van der Waals surface area contributed by atoms with Crippen molar-refractivity contribution in [3.8, 4) is 0 Å². The fourth-order valence-electron chi connectivity index (χ4n) is 6.12. The molecule has 3 fully saturated rings. The van der Waals surface area contributed by atoms with Crippen molar-refractivity contribution in [1.82, 2.24) is 10.2 Å². The number of piperidine rings is 1. The monoisotopic (exact) mass is 456 g/mol. The molecule has 2 aromatic rings. The van der Waals surface area contributed by atoms with E-state index in [0.29, 0.717) is 18.1 Å². The third-order valence-electron chi connectivity index (χ3n) is 7.56. The van der Waals surface area contributed by atoms with Gasteiger partial charge in [-0.2, -0.15) is 0 Å². The summed E-state index contributed by atoms with van der Waals surface area (Å²) in [4.78, 5) is 15.6. The number of fused-ring (bicyclic) bond motifs is 2. The predicted octanol–water partition coefficient (Wildman–Crippen LogP) is 6.38. The van der Waals surface area contributed by atoms with Gasteiger partial charge in [0.15, 0.2) is 0 Å². The second kappa shape index (κ2) is 9.13. The number of hydrogen-bond donors (Lipinski definition) is 1. The fraction of sp³-hybridized carbons (Fsp3) is 0.500. The van der Waals surface area contributed by atoms with Crippen LogP contribution < -0.4 is 5.32 Å². The summed E-state index contributed by atoms with van der Waals surface area (Å²) >= 11 is 13.4. The van der Waals surface area contributed by atoms with Gasteiger partial charge in [-0.3, -0.25) is 9.69 Å². The Bertz CT molecular complexity index is 883. The molecule has 2 aromatic carbocycles. The van der Waals surface area contributed by atoms with E-state index in [0.717, 1.165) is 59.7 Å². The van der Waals surface area contributed by atoms with E-state index in [4.69, 9.17) is 23.2 Å². The highest BCUT2D eigenvalue weighted by atomic mass is 35.5. The number of amides is 1. The maximum absolute atomic E-state index is 13.0. The number of nitrogens with zero attached hydrogens (tertiary/aromatic N) is 1. The number of carbonyl (C=O) groups excluding carboxylic acids is 1. The van der Waals surface area contributed by atoms with Crippen LogP contribution in [0.5, 0.6) is 0 Å². The Morgan fingerprint density at radius 2 is 1.35 bits per heavy atom. The third kappa shape index (κ3) is 4.25. The molecule has 0 radical (unpaired) electrons. The van der Waals surface area contributed by atoms with E-state index in [1.165, 1.54) is 12.8 Å². The van der Waals surface area contributed by atoms with Crippen molar-refractivity contribution in [2.24, 2.45) is 5.92 Å². The number of hydrogen-bond acceptors (Lipinski definition) is 2. The average molecular weight is 457 g/mol. The molecule has 3 aliphatic rings. The number of nitrogens with one attached hydrogen (secondary N) is 1. The molecule has 2 heterocycles. The summed E-state index contributed by atoms with van der Waals surface area (Å²) < 4.78 is 0. The maximum Gasteiger partial charge on any atom is 0.223 e. The summed E-state index contributed by atoms with van der Waals surface area (Å²) in [5.41, 5.74) is 2.20. The van der Waals surface area contributed by atoms with Crippen molar-refractivity contribution in [2.45, 2.75) is 75.5 Å². The number of carbonyl (C=O) groups is 1. The zero-order valence-corrected chi connectivity index (χ0v) is 19.3. The summed E-state index contributed by atoms with van der Waals surface area (Å²) in [6.45, 7) is 0. The van der Waals surface area contributed by atoms with E-state index in [-0.39, 0.29) is 17.9 Å². The normalized spacial score (nSPS) is 26.5. The van der Waals surface area contributed by atoms with Crippen molar-refractivity contribution in [1.29, 1.82) is 0 Å². The van der Waals surface area contributed by atoms with Crippen LogP contribution in [-0.4, -0.2) is 28.9 Å². The lowest BCUT2D eigenvalue weighted by Crippen LogP contribution is -2.49. The maximum atomic E-state index is 13.0. The van der Waals surface area contributed by atoms with Crippen LogP contribution in [0.25, 0.3) is 0 Å². The first-order valence-electron chi connectivity index (χ1n) is 11.7. The number of benzene rings is 2. The molecule has 5 rings (SSSR count). The molecular weight excluding hydrogens is 427 g/mol. The van der Waals surface area contributed by atoms with E-state index in [1.807, 2.05) is 24.3 Å². The molecule has 164 valence electrons. The molecular formula is C26H30Cl2N2O. The average Bonchev–Trinajstić information content (AvgIpc) is 3.36. The van der Waals surface area contributed by atoms with Crippen LogP contribution in [0.3, 0.4) is 0 Å². The second-order valence-corrected chi connectivity index (χ2v) is 10.3. The molecule has 2 saturated heterocycles. The van der Waals surface area contributed by atoms with Gasteiger partial charge in [-0.05, 0) is 61.8 Å². The molecule has 2 atom stereocenters. The molecule has 2 aliphatic heterocycles. The predicted molar refractivity (Wildman–Crippen MR) is 127 cm³/mol. The molecule has 0 aromatic heterocycles. The van der Waals surface area contributed by atoms with Gasteiger partial charge in [0, 0.05) is 34.1 Å². The van der Waals surface area contributed by atoms with E-state index in [2.05, 4.69) is 34.5 Å². The summed E-state index contributed by atoms with van der Waals surface area (Å²) in [6.07, 6.45) is 8.85. The van der Waals surface area contributed by atoms with Gasteiger partial charge in [-0.15, -0.1) is 0 Å². The minimum Gasteiger partial charge on any atom is -0.353 e. The van der Waals surface area contributed by atoms with Crippen molar-refractivity contribution < 1.29 is 4.79 Å². The van der Waals surface area contributed by atoms with Gasteiger partial charge < -0.3 is 5.32 Å². The van der Waals surface area contributed by atoms with Gasteiger partial charge in [-0.25, -0.2) is 0 Å². The zero-order chi connectivity index (χ0) is 21.4. The Kier molecular flexibility index (Phi) is 6.28. The number of rotatable bonds is 5. The fourth-order valence-corrected chi connectivity index (χ4v) is 6.60. The van der Waals surface area contributed by atoms with Crippen molar-refractivity contribution >= 4 is 29.1 Å². The van der Waals surface area contributed by atoms with E-state index in [9.17, 15) is 4.79 Å². The lowest BCUT2D eigenvalue weighted by Gasteiger charge is -2.44. The molecule has 3 nitrogen and oxygen atoms in total. The lowest BCUT2D eigenvalue weighted by atomic mass is 9.85. The van der Waals surface area contributed by atoms with Crippen molar-refractivity contribution in [2.75, 3.05) is 0 Å². The third-order valence-corrected chi connectivity index (χ3v) is 8.25. The van der Waals surface area contributed by atoms with E-state index in [1.54, 1.807) is 0 Å². The highest BCUT2D eigenvalue weighted by Gasteiger charge is 2.47. The molecule has 1 N–H and O–H groups in total. The molecule has 1 saturated carbocycles. The van der Waals surface area contributed by atoms with Gasteiger partial charge >= 0.3 is 0 Å². The topological polar surface area (TPSA) is 32.3 Å². The summed E-state index contributed by atoms with van der Waals surface area (Å²) in [6, 6.07) is 17.4.